The molecule has 2 aromatic carbocycles. The van der Waals surface area contributed by atoms with Crippen LogP contribution in [-0.2, 0) is 12.8 Å². The molecule has 3 aromatic heterocycles. The summed E-state index contributed by atoms with van der Waals surface area (Å²) in [5, 5.41) is 1.52. The van der Waals surface area contributed by atoms with E-state index >= 15 is 0 Å². The van der Waals surface area contributed by atoms with E-state index in [1.165, 1.54) is 16.2 Å². The van der Waals surface area contributed by atoms with Gasteiger partial charge in [0.25, 0.3) is 5.91 Å². The predicted molar refractivity (Wildman–Crippen MR) is 134 cm³/mol. The number of fused-ring (bicyclic) bond motifs is 3. The summed E-state index contributed by atoms with van der Waals surface area (Å²) in [6, 6.07) is 15.7. The highest BCUT2D eigenvalue weighted by atomic mass is 79.9. The molecular formula is C25H19BrN4O2S. The molecule has 6 nitrogen and oxygen atoms in total. The van der Waals surface area contributed by atoms with E-state index in [2.05, 4.69) is 20.9 Å². The van der Waals surface area contributed by atoms with Crippen LogP contribution in [0.4, 0.5) is 5.00 Å². The molecule has 0 saturated heterocycles. The van der Waals surface area contributed by atoms with Crippen LogP contribution in [0, 0.1) is 0 Å². The number of aromatic nitrogens is 2. The molecule has 3 heterocycles. The lowest BCUT2D eigenvalue weighted by atomic mass is 9.95. The smallest absolute Gasteiger partial charge is 0.252 e. The van der Waals surface area contributed by atoms with Crippen molar-refractivity contribution in [2.45, 2.75) is 25.7 Å². The first-order valence-corrected chi connectivity index (χ1v) is 12.4. The number of para-hydroxylation sites is 2. The first-order chi connectivity index (χ1) is 16.1. The van der Waals surface area contributed by atoms with Crippen LogP contribution in [0.2, 0.25) is 0 Å². The zero-order chi connectivity index (χ0) is 22.5. The molecule has 0 spiro atoms. The van der Waals surface area contributed by atoms with Crippen molar-refractivity contribution < 1.29 is 9.21 Å². The summed E-state index contributed by atoms with van der Waals surface area (Å²) in [7, 11) is 0. The zero-order valence-corrected chi connectivity index (χ0v) is 19.9. The van der Waals surface area contributed by atoms with E-state index < -0.39 is 5.91 Å². The van der Waals surface area contributed by atoms with Crippen molar-refractivity contribution in [3.63, 3.8) is 0 Å². The van der Waals surface area contributed by atoms with Gasteiger partial charge in [0.05, 0.1) is 22.2 Å². The number of primary amides is 1. The second kappa shape index (κ2) is 7.97. The van der Waals surface area contributed by atoms with E-state index in [-0.39, 0.29) is 0 Å². The van der Waals surface area contributed by atoms with Gasteiger partial charge in [0, 0.05) is 14.7 Å². The van der Waals surface area contributed by atoms with Gasteiger partial charge in [-0.15, -0.1) is 11.3 Å². The molecule has 0 radical (unpaired) electrons. The normalized spacial score (nSPS) is 14.2. The Bertz CT molecular complexity index is 1600. The number of hydrogen-bond donors (Lipinski definition) is 2. The number of nitrogens with two attached hydrogens (primary N) is 1. The fourth-order valence-corrected chi connectivity index (χ4v) is 6.05. The number of benzene rings is 2. The van der Waals surface area contributed by atoms with Crippen molar-refractivity contribution in [3.05, 3.63) is 74.6 Å². The molecule has 0 unspecified atom stereocenters. The van der Waals surface area contributed by atoms with Crippen molar-refractivity contribution in [1.82, 2.24) is 9.97 Å². The van der Waals surface area contributed by atoms with E-state index in [1.54, 1.807) is 0 Å². The van der Waals surface area contributed by atoms with Gasteiger partial charge in [-0.25, -0.2) is 9.98 Å². The molecule has 1 aliphatic carbocycles. The monoisotopic (exact) mass is 518 g/mol. The molecule has 3 N–H and O–H groups in total. The molecule has 6 rings (SSSR count). The topological polar surface area (TPSA) is 97.3 Å². The van der Waals surface area contributed by atoms with E-state index in [4.69, 9.17) is 20.1 Å². The maximum Gasteiger partial charge on any atom is 0.252 e. The quantitative estimate of drug-likeness (QED) is 0.306. The number of nitrogens with one attached hydrogen (secondary N) is 1. The molecule has 0 bridgehead atoms. The summed E-state index contributed by atoms with van der Waals surface area (Å²) in [6.07, 6.45) is 3.99. The minimum absolute atomic E-state index is 0.393. The van der Waals surface area contributed by atoms with Gasteiger partial charge in [-0.3, -0.25) is 4.79 Å². The molecule has 1 aliphatic rings. The number of imidazole rings is 1. The van der Waals surface area contributed by atoms with Crippen LogP contribution < -0.4 is 11.3 Å². The number of rotatable bonds is 3. The molecule has 1 amide bonds. The van der Waals surface area contributed by atoms with Crippen LogP contribution in [0.25, 0.3) is 33.4 Å². The summed E-state index contributed by atoms with van der Waals surface area (Å²) in [6.45, 7) is 0. The van der Waals surface area contributed by atoms with E-state index in [9.17, 15) is 4.79 Å². The third kappa shape index (κ3) is 3.59. The predicted octanol–water partition coefficient (Wildman–Crippen LogP) is 6.01. The first kappa shape index (κ1) is 20.4. The first-order valence-electron chi connectivity index (χ1n) is 10.7. The van der Waals surface area contributed by atoms with Gasteiger partial charge in [-0.2, -0.15) is 0 Å². The number of aryl methyl sites for hydroxylation is 1. The standard InChI is InChI=1S/C25H19BrN4O2S/c26-14-9-10-19-13(11-14)12-16(23-28-17-6-2-3-7-18(17)29-23)24(32-19)30-25-21(22(27)31)15-5-1-4-8-20(15)33-25/h2-3,6-7,9-12H,1,4-5,8H2,(H2,27,31)(H,28,29). The zero-order valence-electron chi connectivity index (χ0n) is 17.5. The van der Waals surface area contributed by atoms with E-state index in [0.29, 0.717) is 27.5 Å². The lowest BCUT2D eigenvalue weighted by Crippen LogP contribution is -2.15. The van der Waals surface area contributed by atoms with Gasteiger partial charge in [-0.1, -0.05) is 28.1 Å². The van der Waals surface area contributed by atoms with Gasteiger partial charge in [0.2, 0.25) is 5.55 Å². The number of amides is 1. The summed E-state index contributed by atoms with van der Waals surface area (Å²) in [5.74, 6) is 0.214. The van der Waals surface area contributed by atoms with Crippen LogP contribution in [-0.4, -0.2) is 15.9 Å². The minimum Gasteiger partial charge on any atom is -0.438 e. The Balaban J connectivity index is 1.65. The highest BCUT2D eigenvalue weighted by Crippen LogP contribution is 2.39. The van der Waals surface area contributed by atoms with Crippen molar-refractivity contribution in [1.29, 1.82) is 0 Å². The van der Waals surface area contributed by atoms with Gasteiger partial charge in [0.1, 0.15) is 16.4 Å². The SMILES string of the molecule is NC(=O)c1c(N=c2oc3ccc(Br)cc3cc2-c2nc3ccccc3[nH]2)sc2c1CCCC2. The molecule has 0 atom stereocenters. The van der Waals surface area contributed by atoms with Crippen LogP contribution >= 0.6 is 27.3 Å². The van der Waals surface area contributed by atoms with Crippen molar-refractivity contribution in [2.75, 3.05) is 0 Å². The lowest BCUT2D eigenvalue weighted by Gasteiger charge is -2.10. The largest absolute Gasteiger partial charge is 0.438 e. The van der Waals surface area contributed by atoms with Crippen molar-refractivity contribution in [3.8, 4) is 11.4 Å². The highest BCUT2D eigenvalue weighted by Gasteiger charge is 2.24. The number of aromatic amines is 1. The van der Waals surface area contributed by atoms with Gasteiger partial charge >= 0.3 is 0 Å². The second-order valence-electron chi connectivity index (χ2n) is 8.12. The van der Waals surface area contributed by atoms with Gasteiger partial charge in [0.15, 0.2) is 0 Å². The highest BCUT2D eigenvalue weighted by molar-refractivity contribution is 9.10. The fourth-order valence-electron chi connectivity index (χ4n) is 4.41. The Morgan fingerprint density at radius 1 is 1.15 bits per heavy atom. The molecular weight excluding hydrogens is 500 g/mol. The van der Waals surface area contributed by atoms with Crippen LogP contribution in [0.5, 0.6) is 0 Å². The number of hydrogen-bond acceptors (Lipinski definition) is 5. The maximum atomic E-state index is 12.4. The second-order valence-corrected chi connectivity index (χ2v) is 10.1. The molecule has 5 aromatic rings. The third-order valence-electron chi connectivity index (χ3n) is 5.96. The summed E-state index contributed by atoms with van der Waals surface area (Å²) in [4.78, 5) is 26.6. The lowest BCUT2D eigenvalue weighted by molar-refractivity contribution is 0.1000. The van der Waals surface area contributed by atoms with Crippen molar-refractivity contribution >= 4 is 60.2 Å². The average molecular weight is 519 g/mol. The van der Waals surface area contributed by atoms with Crippen molar-refractivity contribution in [2.24, 2.45) is 10.7 Å². The van der Waals surface area contributed by atoms with Crippen LogP contribution in [0.1, 0.15) is 33.6 Å². The minimum atomic E-state index is -0.442. The molecule has 8 heteroatoms. The Morgan fingerprint density at radius 2 is 2.00 bits per heavy atom. The fraction of sp³-hybridized carbons (Fsp3) is 0.160. The van der Waals surface area contributed by atoms with E-state index in [0.717, 1.165) is 57.7 Å². The Labute approximate surface area is 201 Å². The molecule has 0 fully saturated rings. The maximum absolute atomic E-state index is 12.4. The Kier molecular flexibility index (Phi) is 4.92. The van der Waals surface area contributed by atoms with Gasteiger partial charge in [-0.05, 0) is 67.6 Å². The number of nitrogens with zero attached hydrogens (tertiary/aromatic N) is 2. The average Bonchev–Trinajstić information content (AvgIpc) is 3.39. The molecule has 0 saturated carbocycles. The summed E-state index contributed by atoms with van der Waals surface area (Å²) in [5.41, 5.74) is 11.0. The summed E-state index contributed by atoms with van der Waals surface area (Å²) >= 11 is 5.07. The summed E-state index contributed by atoms with van der Waals surface area (Å²) < 4.78 is 7.23. The number of carbonyl (C=O) groups excluding carboxylic acids is 1. The van der Waals surface area contributed by atoms with Gasteiger partial charge < -0.3 is 15.1 Å². The number of halogens is 1. The molecule has 33 heavy (non-hydrogen) atoms. The third-order valence-corrected chi connectivity index (χ3v) is 7.63. The Hall–Kier alpha value is -3.23. The number of thiophene rings is 1. The molecule has 0 aliphatic heterocycles. The van der Waals surface area contributed by atoms with Crippen LogP contribution in [0.15, 0.2) is 62.4 Å². The number of carbonyl (C=O) groups is 1. The Morgan fingerprint density at radius 3 is 2.85 bits per heavy atom. The molecule has 164 valence electrons. The van der Waals surface area contributed by atoms with Crippen LogP contribution in [0.3, 0.4) is 0 Å². The number of H-pyrrole nitrogens is 1. The van der Waals surface area contributed by atoms with E-state index in [1.807, 2.05) is 48.5 Å².